The van der Waals surface area contributed by atoms with Gasteiger partial charge < -0.3 is 27.9 Å². The first-order chi connectivity index (χ1) is 50.5. The highest BCUT2D eigenvalue weighted by atomic mass is 31.2. The second-order valence-corrected chi connectivity index (χ2v) is 33.0. The molecule has 0 amide bonds. The van der Waals surface area contributed by atoms with Crippen molar-refractivity contribution < 1.29 is 42.1 Å². The number of likely N-dealkylation sites (N-methyl/N-ethyl adjacent to an activating group) is 1. The van der Waals surface area contributed by atoms with E-state index in [4.69, 9.17) is 18.5 Å². The van der Waals surface area contributed by atoms with Crippen LogP contribution < -0.4 is 4.89 Å². The van der Waals surface area contributed by atoms with E-state index in [2.05, 4.69) is 98.9 Å². The Balaban J connectivity index is 3.87. The van der Waals surface area contributed by atoms with Crippen LogP contribution in [0.4, 0.5) is 0 Å². The molecule has 0 aromatic carbocycles. The SMILES string of the molecule is CC/C=C\C/C=C\C/C=C\C/C=C\C/C=C\C/C=C\C/C=C\CCCCCCCCCCCCCCCCCCCCCC(=O)OC(COC(=O)CCCCCCCCCCCCCCCCCCCCCCCCCCCCCCCCCCCCCCCC)COP(=O)([O-])OCC[N+](C)(C)C. The number of ether oxygens (including phenoxy) is 2. The molecule has 0 rings (SSSR count). The van der Waals surface area contributed by atoms with Crippen molar-refractivity contribution in [3.05, 3.63) is 85.1 Å². The molecule has 0 aromatic rings. The third-order valence-corrected chi connectivity index (χ3v) is 21.1. The highest BCUT2D eigenvalue weighted by molar-refractivity contribution is 7.45. The van der Waals surface area contributed by atoms with Gasteiger partial charge in [-0.05, 0) is 70.6 Å². The van der Waals surface area contributed by atoms with E-state index in [1.54, 1.807) is 0 Å². The van der Waals surface area contributed by atoms with Gasteiger partial charge in [0, 0.05) is 12.8 Å². The van der Waals surface area contributed by atoms with Crippen LogP contribution in [-0.2, 0) is 32.7 Å². The van der Waals surface area contributed by atoms with E-state index < -0.39 is 26.5 Å². The molecule has 0 bridgehead atoms. The van der Waals surface area contributed by atoms with Crippen molar-refractivity contribution in [2.24, 2.45) is 0 Å². The molecule has 0 aromatic heterocycles. The van der Waals surface area contributed by atoms with E-state index in [1.807, 2.05) is 21.1 Å². The van der Waals surface area contributed by atoms with E-state index in [9.17, 15) is 19.0 Å². The number of phosphoric acid groups is 1. The van der Waals surface area contributed by atoms with Crippen molar-refractivity contribution in [3.8, 4) is 0 Å². The topological polar surface area (TPSA) is 111 Å². The molecule has 0 aliphatic heterocycles. The normalized spacial score (nSPS) is 13.3. The summed E-state index contributed by atoms with van der Waals surface area (Å²) in [5, 5.41) is 0. The molecule has 0 saturated carbocycles. The van der Waals surface area contributed by atoms with E-state index >= 15 is 0 Å². The van der Waals surface area contributed by atoms with Crippen molar-refractivity contribution in [1.29, 1.82) is 0 Å². The molecule has 602 valence electrons. The zero-order valence-corrected chi connectivity index (χ0v) is 69.9. The second-order valence-electron chi connectivity index (χ2n) is 31.6. The first kappa shape index (κ1) is 100. The average Bonchev–Trinajstić information content (AvgIpc) is 0.971. The first-order valence-corrected chi connectivity index (χ1v) is 46.3. The summed E-state index contributed by atoms with van der Waals surface area (Å²) in [5.74, 6) is -0.810. The van der Waals surface area contributed by atoms with Crippen LogP contribution in [0.1, 0.15) is 444 Å². The maximum absolute atomic E-state index is 12.9. The summed E-state index contributed by atoms with van der Waals surface area (Å²) < 4.78 is 34.5. The molecule has 0 spiro atoms. The standard InChI is InChI=1S/C93H172NO8P/c1-6-8-10-12-14-16-18-20-22-24-26-28-30-32-34-36-38-40-42-44-46-47-48-50-52-54-56-58-60-62-64-66-68-70-72-74-76-78-80-82-84-86-93(96)102-91(90-101-103(97,98)100-88-87-94(3,4)5)89-99-92(95)85-83-81-79-77-75-73-71-69-67-65-63-61-59-57-55-53-51-49-45-43-41-39-37-35-33-31-29-27-25-23-21-19-17-15-13-11-9-7-2/h8,10,14,16,20,22,26,28,32,34,38,40,44,46,91H,6-7,9,11-13,15,17-19,21,23-25,27,29-31,33,35-37,39,41-43,45,47-90H2,1-5H3/b10-8-,16-14-,22-20-,28-26-,34-32-,40-38-,46-44-. The number of carbonyl (C=O) groups is 2. The lowest BCUT2D eigenvalue weighted by molar-refractivity contribution is -0.870. The Morgan fingerprint density at radius 3 is 0.825 bits per heavy atom. The summed E-state index contributed by atoms with van der Waals surface area (Å²) in [6, 6.07) is 0. The molecular formula is C93H172NO8P. The molecular weight excluding hydrogens is 1290 g/mol. The zero-order valence-electron chi connectivity index (χ0n) is 69.0. The summed E-state index contributed by atoms with van der Waals surface area (Å²) in [6.45, 7) is 4.20. The van der Waals surface area contributed by atoms with Crippen LogP contribution in [0.3, 0.4) is 0 Å². The van der Waals surface area contributed by atoms with E-state index in [-0.39, 0.29) is 32.0 Å². The molecule has 2 unspecified atom stereocenters. The molecule has 0 aliphatic carbocycles. The summed E-state index contributed by atoms with van der Waals surface area (Å²) in [6.07, 6.45) is 116. The van der Waals surface area contributed by atoms with Gasteiger partial charge in [0.15, 0.2) is 6.10 Å². The molecule has 0 saturated heterocycles. The predicted octanol–water partition coefficient (Wildman–Crippen LogP) is 29.7. The third-order valence-electron chi connectivity index (χ3n) is 20.2. The average molecular weight is 1460 g/mol. The lowest BCUT2D eigenvalue weighted by atomic mass is 10.0. The van der Waals surface area contributed by atoms with Gasteiger partial charge >= 0.3 is 11.9 Å². The van der Waals surface area contributed by atoms with Gasteiger partial charge in [0.25, 0.3) is 7.82 Å². The highest BCUT2D eigenvalue weighted by Gasteiger charge is 2.22. The number of hydrogen-bond acceptors (Lipinski definition) is 8. The summed E-state index contributed by atoms with van der Waals surface area (Å²) in [7, 11) is 1.19. The monoisotopic (exact) mass is 1460 g/mol. The molecule has 0 fully saturated rings. The van der Waals surface area contributed by atoms with Gasteiger partial charge in [-0.2, -0.15) is 0 Å². The number of quaternary nitrogens is 1. The quantitative estimate of drug-likeness (QED) is 0.0195. The van der Waals surface area contributed by atoms with Crippen molar-refractivity contribution in [2.75, 3.05) is 47.5 Å². The Morgan fingerprint density at radius 2 is 0.553 bits per heavy atom. The number of nitrogens with zero attached hydrogens (tertiary/aromatic N) is 1. The zero-order chi connectivity index (χ0) is 74.7. The number of esters is 2. The largest absolute Gasteiger partial charge is 0.756 e. The van der Waals surface area contributed by atoms with Gasteiger partial charge in [0.1, 0.15) is 19.8 Å². The maximum Gasteiger partial charge on any atom is 0.306 e. The molecule has 0 N–H and O–H groups in total. The fourth-order valence-electron chi connectivity index (χ4n) is 13.4. The molecule has 103 heavy (non-hydrogen) atoms. The minimum absolute atomic E-state index is 0.0293. The predicted molar refractivity (Wildman–Crippen MR) is 448 cm³/mol. The molecule has 10 heteroatoms. The van der Waals surface area contributed by atoms with E-state index in [0.29, 0.717) is 17.4 Å². The van der Waals surface area contributed by atoms with Crippen LogP contribution in [-0.4, -0.2) is 70.0 Å². The van der Waals surface area contributed by atoms with Gasteiger partial charge in [0.2, 0.25) is 0 Å². The molecule has 2 atom stereocenters. The van der Waals surface area contributed by atoms with Gasteiger partial charge in [-0.25, -0.2) is 0 Å². The van der Waals surface area contributed by atoms with Crippen LogP contribution in [0.25, 0.3) is 0 Å². The van der Waals surface area contributed by atoms with Gasteiger partial charge in [-0.15, -0.1) is 0 Å². The van der Waals surface area contributed by atoms with Crippen molar-refractivity contribution in [1.82, 2.24) is 0 Å². The molecule has 9 nitrogen and oxygen atoms in total. The first-order valence-electron chi connectivity index (χ1n) is 44.8. The van der Waals surface area contributed by atoms with Crippen LogP contribution in [0.15, 0.2) is 85.1 Å². The van der Waals surface area contributed by atoms with Crippen LogP contribution in [0.2, 0.25) is 0 Å². The summed E-state index contributed by atoms with van der Waals surface area (Å²) in [4.78, 5) is 38.3. The van der Waals surface area contributed by atoms with Crippen molar-refractivity contribution in [2.45, 2.75) is 450 Å². The number of carbonyl (C=O) groups excluding carboxylic acids is 2. The second kappa shape index (κ2) is 83.2. The maximum atomic E-state index is 12.9. The number of rotatable bonds is 84. The minimum atomic E-state index is -4.65. The molecule has 0 aliphatic rings. The Morgan fingerprint density at radius 1 is 0.311 bits per heavy atom. The van der Waals surface area contributed by atoms with Crippen molar-refractivity contribution >= 4 is 19.8 Å². The fraction of sp³-hybridized carbons (Fsp3) is 0.828. The fourth-order valence-corrected chi connectivity index (χ4v) is 14.1. The van der Waals surface area contributed by atoms with Gasteiger partial charge in [-0.3, -0.25) is 14.2 Å². The Hall–Kier alpha value is -2.81. The third kappa shape index (κ3) is 88.0. The summed E-state index contributed by atoms with van der Waals surface area (Å²) in [5.41, 5.74) is 0. The van der Waals surface area contributed by atoms with Crippen LogP contribution in [0.5, 0.6) is 0 Å². The smallest absolute Gasteiger partial charge is 0.306 e. The number of phosphoric ester groups is 1. The Kier molecular flexibility index (Phi) is 81.0. The van der Waals surface area contributed by atoms with Crippen molar-refractivity contribution in [3.63, 3.8) is 0 Å². The number of unbranched alkanes of at least 4 members (excludes halogenated alkanes) is 56. The Labute approximate surface area is 641 Å². The molecule has 0 heterocycles. The minimum Gasteiger partial charge on any atom is -0.756 e. The number of allylic oxidation sites excluding steroid dienone is 14. The Bertz CT molecular complexity index is 2020. The lowest BCUT2D eigenvalue weighted by Gasteiger charge is -2.28. The van der Waals surface area contributed by atoms with Gasteiger partial charge in [-0.1, -0.05) is 446 Å². The lowest BCUT2D eigenvalue weighted by Crippen LogP contribution is -2.37. The van der Waals surface area contributed by atoms with Crippen LogP contribution >= 0.6 is 7.82 Å². The van der Waals surface area contributed by atoms with Gasteiger partial charge in [0.05, 0.1) is 27.7 Å². The number of hydrogen-bond donors (Lipinski definition) is 0. The highest BCUT2D eigenvalue weighted by Crippen LogP contribution is 2.38. The molecule has 0 radical (unpaired) electrons. The summed E-state index contributed by atoms with van der Waals surface area (Å²) >= 11 is 0. The van der Waals surface area contributed by atoms with E-state index in [1.165, 1.54) is 327 Å². The van der Waals surface area contributed by atoms with Crippen LogP contribution in [0, 0.1) is 0 Å². The van der Waals surface area contributed by atoms with E-state index in [0.717, 1.165) is 83.5 Å².